The quantitative estimate of drug-likeness (QED) is 0.875. The molecule has 2 rings (SSSR count). The van der Waals surface area contributed by atoms with Gasteiger partial charge < -0.3 is 4.90 Å². The minimum absolute atomic E-state index is 0.143. The zero-order valence-electron chi connectivity index (χ0n) is 13.4. The first kappa shape index (κ1) is 16.4. The van der Waals surface area contributed by atoms with Gasteiger partial charge in [0.1, 0.15) is 6.04 Å². The summed E-state index contributed by atoms with van der Waals surface area (Å²) in [5.41, 5.74) is 1.06. The van der Waals surface area contributed by atoms with Crippen LogP contribution in [0.3, 0.4) is 0 Å². The highest BCUT2D eigenvalue weighted by molar-refractivity contribution is 7.98. The number of hydrogen-bond acceptors (Lipinski definition) is 3. The smallest absolute Gasteiger partial charge is 0.245 e. The van der Waals surface area contributed by atoms with Crippen LogP contribution < -0.4 is 5.32 Å². The van der Waals surface area contributed by atoms with Gasteiger partial charge in [0.25, 0.3) is 0 Å². The minimum Gasteiger partial charge on any atom is -0.322 e. The molecule has 0 saturated carbocycles. The number of carbonyl (C=O) groups is 1. The van der Waals surface area contributed by atoms with Crippen LogP contribution in [0.1, 0.15) is 38.8 Å². The van der Waals surface area contributed by atoms with Crippen molar-refractivity contribution in [1.29, 1.82) is 0 Å². The summed E-state index contributed by atoms with van der Waals surface area (Å²) in [7, 11) is 0. The Kier molecular flexibility index (Phi) is 5.71. The van der Waals surface area contributed by atoms with Crippen LogP contribution in [0.25, 0.3) is 0 Å². The lowest BCUT2D eigenvalue weighted by Crippen LogP contribution is -2.45. The molecule has 0 aliphatic carbocycles. The maximum atomic E-state index is 12.9. The third-order valence-corrected chi connectivity index (χ3v) is 4.72. The molecule has 0 aromatic heterocycles. The van der Waals surface area contributed by atoms with Crippen LogP contribution in [0.15, 0.2) is 30.3 Å². The first-order valence-electron chi connectivity index (χ1n) is 7.66. The van der Waals surface area contributed by atoms with Crippen LogP contribution in [-0.2, 0) is 4.79 Å². The van der Waals surface area contributed by atoms with Crippen LogP contribution in [-0.4, -0.2) is 35.0 Å². The molecule has 0 radical (unpaired) electrons. The normalized spacial score (nSPS) is 23.9. The molecular formula is C17H26N2OS. The summed E-state index contributed by atoms with van der Waals surface area (Å²) in [6, 6.07) is 10.1. The minimum atomic E-state index is -0.195. The van der Waals surface area contributed by atoms with E-state index in [2.05, 4.69) is 37.2 Å². The molecule has 1 saturated heterocycles. The molecule has 0 bridgehead atoms. The van der Waals surface area contributed by atoms with Gasteiger partial charge in [-0.25, -0.2) is 0 Å². The lowest BCUT2D eigenvalue weighted by atomic mass is 10.1. The predicted octanol–water partition coefficient (Wildman–Crippen LogP) is 3.28. The van der Waals surface area contributed by atoms with Gasteiger partial charge in [-0.3, -0.25) is 10.1 Å². The second-order valence-electron chi connectivity index (χ2n) is 6.21. The van der Waals surface area contributed by atoms with E-state index in [9.17, 15) is 4.79 Å². The summed E-state index contributed by atoms with van der Waals surface area (Å²) in [6.45, 7) is 6.57. The van der Waals surface area contributed by atoms with E-state index < -0.39 is 0 Å². The van der Waals surface area contributed by atoms with E-state index in [-0.39, 0.29) is 24.2 Å². The summed E-state index contributed by atoms with van der Waals surface area (Å²) in [5.74, 6) is 1.76. The number of amides is 1. The van der Waals surface area contributed by atoms with Crippen molar-refractivity contribution in [2.45, 2.75) is 45.4 Å². The Bertz CT molecular complexity index is 463. The summed E-state index contributed by atoms with van der Waals surface area (Å²) in [4.78, 5) is 14.9. The molecule has 1 aliphatic heterocycles. The van der Waals surface area contributed by atoms with Gasteiger partial charge in [-0.1, -0.05) is 44.2 Å². The zero-order valence-corrected chi connectivity index (χ0v) is 14.2. The molecule has 3 unspecified atom stereocenters. The fraction of sp³-hybridized carbons (Fsp3) is 0.588. The maximum absolute atomic E-state index is 12.9. The van der Waals surface area contributed by atoms with Crippen LogP contribution in [0, 0.1) is 5.92 Å². The summed E-state index contributed by atoms with van der Waals surface area (Å²) >= 11 is 1.79. The number of nitrogens with zero attached hydrogens (tertiary/aromatic N) is 1. The topological polar surface area (TPSA) is 32.3 Å². The highest BCUT2D eigenvalue weighted by atomic mass is 32.2. The fourth-order valence-corrected chi connectivity index (χ4v) is 3.65. The Morgan fingerprint density at radius 2 is 1.90 bits per heavy atom. The standard InChI is InChI=1S/C17H26N2OS/c1-12(2)10-15-18-16(14-8-6-5-7-9-14)17(20)19(15)13(3)11-21-4/h5-9,12-13,15-16,18H,10-11H2,1-4H3. The average Bonchev–Trinajstić information content (AvgIpc) is 2.76. The number of benzene rings is 1. The van der Waals surface area contributed by atoms with Gasteiger partial charge in [-0.15, -0.1) is 0 Å². The van der Waals surface area contributed by atoms with E-state index in [4.69, 9.17) is 0 Å². The number of carbonyl (C=O) groups excluding carboxylic acids is 1. The molecule has 3 nitrogen and oxygen atoms in total. The molecule has 1 aliphatic rings. The molecule has 21 heavy (non-hydrogen) atoms. The largest absolute Gasteiger partial charge is 0.322 e. The Balaban J connectivity index is 2.22. The van der Waals surface area contributed by atoms with E-state index in [1.165, 1.54) is 0 Å². The van der Waals surface area contributed by atoms with Crippen molar-refractivity contribution in [2.75, 3.05) is 12.0 Å². The zero-order chi connectivity index (χ0) is 15.4. The van der Waals surface area contributed by atoms with E-state index in [0.29, 0.717) is 5.92 Å². The van der Waals surface area contributed by atoms with E-state index in [1.807, 2.05) is 30.3 Å². The Morgan fingerprint density at radius 1 is 1.24 bits per heavy atom. The summed E-state index contributed by atoms with van der Waals surface area (Å²) < 4.78 is 0. The molecule has 1 N–H and O–H groups in total. The molecule has 1 aromatic rings. The number of hydrogen-bond donors (Lipinski definition) is 1. The third kappa shape index (κ3) is 3.80. The van der Waals surface area contributed by atoms with Crippen molar-refractivity contribution in [1.82, 2.24) is 10.2 Å². The van der Waals surface area contributed by atoms with Crippen molar-refractivity contribution >= 4 is 17.7 Å². The highest BCUT2D eigenvalue weighted by Crippen LogP contribution is 2.29. The van der Waals surface area contributed by atoms with Gasteiger partial charge in [-0.05, 0) is 31.1 Å². The number of rotatable bonds is 6. The monoisotopic (exact) mass is 306 g/mol. The van der Waals surface area contributed by atoms with Crippen molar-refractivity contribution in [3.05, 3.63) is 35.9 Å². The van der Waals surface area contributed by atoms with E-state index in [0.717, 1.165) is 17.7 Å². The van der Waals surface area contributed by atoms with Gasteiger partial charge in [0, 0.05) is 11.8 Å². The first-order valence-corrected chi connectivity index (χ1v) is 9.06. The molecule has 4 heteroatoms. The Labute approximate surface area is 132 Å². The van der Waals surface area contributed by atoms with Gasteiger partial charge in [0.05, 0.1) is 6.17 Å². The number of nitrogens with one attached hydrogen (secondary N) is 1. The van der Waals surface area contributed by atoms with Gasteiger partial charge in [-0.2, -0.15) is 11.8 Å². The molecule has 1 aromatic carbocycles. The van der Waals surface area contributed by atoms with Crippen LogP contribution >= 0.6 is 11.8 Å². The van der Waals surface area contributed by atoms with Gasteiger partial charge >= 0.3 is 0 Å². The molecule has 0 spiro atoms. The first-order chi connectivity index (χ1) is 10.0. The van der Waals surface area contributed by atoms with Crippen molar-refractivity contribution in [2.24, 2.45) is 5.92 Å². The van der Waals surface area contributed by atoms with Gasteiger partial charge in [0.15, 0.2) is 0 Å². The average molecular weight is 306 g/mol. The van der Waals surface area contributed by atoms with Crippen LogP contribution in [0.5, 0.6) is 0 Å². The van der Waals surface area contributed by atoms with Crippen LogP contribution in [0.2, 0.25) is 0 Å². The maximum Gasteiger partial charge on any atom is 0.245 e. The van der Waals surface area contributed by atoms with E-state index in [1.54, 1.807) is 11.8 Å². The molecule has 1 heterocycles. The summed E-state index contributed by atoms with van der Waals surface area (Å²) in [5, 5.41) is 3.54. The second kappa shape index (κ2) is 7.32. The third-order valence-electron chi connectivity index (χ3n) is 3.91. The van der Waals surface area contributed by atoms with Crippen LogP contribution in [0.4, 0.5) is 0 Å². The lowest BCUT2D eigenvalue weighted by molar-refractivity contribution is -0.131. The molecule has 1 amide bonds. The fourth-order valence-electron chi connectivity index (χ4n) is 3.00. The highest BCUT2D eigenvalue weighted by Gasteiger charge is 2.41. The Morgan fingerprint density at radius 3 is 2.48 bits per heavy atom. The van der Waals surface area contributed by atoms with Crippen molar-refractivity contribution in [3.8, 4) is 0 Å². The SMILES string of the molecule is CSCC(C)N1C(=O)C(c2ccccc2)NC1CC(C)C. The van der Waals surface area contributed by atoms with E-state index >= 15 is 0 Å². The van der Waals surface area contributed by atoms with Crippen molar-refractivity contribution in [3.63, 3.8) is 0 Å². The lowest BCUT2D eigenvalue weighted by Gasteiger charge is -2.31. The molecule has 3 atom stereocenters. The Hall–Kier alpha value is -1.00. The number of thioether (sulfide) groups is 1. The second-order valence-corrected chi connectivity index (χ2v) is 7.12. The molecule has 1 fully saturated rings. The van der Waals surface area contributed by atoms with Crippen molar-refractivity contribution < 1.29 is 4.79 Å². The molecule has 116 valence electrons. The predicted molar refractivity (Wildman–Crippen MR) is 90.3 cm³/mol. The van der Waals surface area contributed by atoms with Gasteiger partial charge in [0.2, 0.25) is 5.91 Å². The molecular weight excluding hydrogens is 280 g/mol. The summed E-state index contributed by atoms with van der Waals surface area (Å²) in [6.07, 6.45) is 3.23.